The van der Waals surface area contributed by atoms with Crippen LogP contribution in [0.2, 0.25) is 0 Å². The minimum absolute atomic E-state index is 0.00306. The van der Waals surface area contributed by atoms with Gasteiger partial charge in [-0.05, 0) is 0 Å². The average molecular weight is 673 g/mol. The van der Waals surface area contributed by atoms with E-state index in [1.54, 1.807) is 0 Å². The normalized spacial score (nSPS) is 20.9. The van der Waals surface area contributed by atoms with Crippen molar-refractivity contribution in [1.82, 2.24) is 19.9 Å². The molecule has 15 N–H and O–H groups in total. The Labute approximate surface area is 252 Å². The van der Waals surface area contributed by atoms with Gasteiger partial charge in [0.15, 0.2) is 11.6 Å². The molecular weight excluding hydrogens is 638 g/mol. The van der Waals surface area contributed by atoms with E-state index in [0.717, 1.165) is 0 Å². The summed E-state index contributed by atoms with van der Waals surface area (Å²) in [4.78, 5) is 31.9. The zero-order valence-electron chi connectivity index (χ0n) is 22.4. The van der Waals surface area contributed by atoms with E-state index >= 15 is 0 Å². The van der Waals surface area contributed by atoms with Crippen molar-refractivity contribution >= 4 is 76.5 Å². The van der Waals surface area contributed by atoms with Crippen LogP contribution in [0.15, 0.2) is 0 Å². The van der Waals surface area contributed by atoms with Crippen LogP contribution < -0.4 is 33.6 Å². The summed E-state index contributed by atoms with van der Waals surface area (Å²) in [6.07, 6.45) is -3.89. The van der Waals surface area contributed by atoms with Gasteiger partial charge < -0.3 is 86.0 Å². The number of aromatic nitrogens is 4. The number of hydrogen-bond donors (Lipinski definition) is 11. The molecule has 2 aromatic heterocycles. The van der Waals surface area contributed by atoms with Crippen LogP contribution in [0.5, 0.6) is 0 Å². The van der Waals surface area contributed by atoms with E-state index in [9.17, 15) is 14.9 Å². The molecule has 0 saturated carbocycles. The fourth-order valence-corrected chi connectivity index (χ4v) is 5.28. The maximum absolute atomic E-state index is 10.6. The number of nitrogens with one attached hydrogen (secondary N) is 4. The molecule has 23 heteroatoms. The van der Waals surface area contributed by atoms with Crippen molar-refractivity contribution in [3.8, 4) is 0 Å². The van der Waals surface area contributed by atoms with Crippen molar-refractivity contribution in [2.24, 2.45) is 0 Å². The summed E-state index contributed by atoms with van der Waals surface area (Å²) in [5, 5.41) is 16.5. The van der Waals surface area contributed by atoms with Crippen LogP contribution in [-0.4, -0.2) is 99.5 Å². The van der Waals surface area contributed by atoms with Crippen molar-refractivity contribution < 1.29 is 42.5 Å². The predicted molar refractivity (Wildman–Crippen MR) is 161 cm³/mol. The molecule has 0 aromatic carbocycles. The number of methoxy groups -OCH3 is 1. The summed E-state index contributed by atoms with van der Waals surface area (Å²) in [6.45, 7) is -0.370. The maximum atomic E-state index is 10.6. The second kappa shape index (κ2) is 16.1. The smallest absolute Gasteiger partial charge is 0.332 e. The summed E-state index contributed by atoms with van der Waals surface area (Å²) in [5.41, 5.74) is 23.7. The van der Waals surface area contributed by atoms with Crippen LogP contribution in [0.1, 0.15) is 6.42 Å². The molecule has 1 aliphatic heterocycles. The van der Waals surface area contributed by atoms with Gasteiger partial charge in [0, 0.05) is 27.2 Å². The predicted octanol–water partition coefficient (Wildman–Crippen LogP) is 0.439. The highest BCUT2D eigenvalue weighted by molar-refractivity contribution is 7.71. The molecule has 236 valence electrons. The van der Waals surface area contributed by atoms with Gasteiger partial charge in [-0.15, -0.1) is 0 Å². The standard InChI is InChI=1S/C19H34N10O9P2S2/c1-33-10(6-35-39(31)32)8(4-24-14-12(20)16(41)28-18(22)26-14)38-40(34-2)36-5-9-7(30)3-11(37-9)25-15-13(21)17(42)29-19(23)27-15/h7-11,30-32H,3-6,20-21H2,1-2H3,(H4,22,24,26,28,41)(H4,23,25,27,29,42)/t7-,8?,9?,10?,11?,40?/m1/s1. The third-order valence-electron chi connectivity index (χ3n) is 5.73. The van der Waals surface area contributed by atoms with E-state index in [2.05, 4.69) is 30.6 Å². The number of rotatable bonds is 16. The van der Waals surface area contributed by atoms with Crippen LogP contribution in [0, 0.1) is 9.28 Å². The maximum Gasteiger partial charge on any atom is 0.332 e. The Bertz CT molecular complexity index is 1300. The van der Waals surface area contributed by atoms with Gasteiger partial charge in [-0.3, -0.25) is 0 Å². The first-order valence-electron chi connectivity index (χ1n) is 12.0. The number of nitrogen functional groups attached to an aromatic ring is 4. The molecular formula is C19H34N10O9P2S2. The van der Waals surface area contributed by atoms with Crippen LogP contribution in [0.4, 0.5) is 34.9 Å². The molecule has 42 heavy (non-hydrogen) atoms. The number of aromatic amines is 2. The van der Waals surface area contributed by atoms with E-state index in [1.165, 1.54) is 14.2 Å². The van der Waals surface area contributed by atoms with E-state index < -0.39 is 47.8 Å². The highest BCUT2D eigenvalue weighted by atomic mass is 32.1. The lowest BCUT2D eigenvalue weighted by atomic mass is 10.2. The van der Waals surface area contributed by atoms with Crippen LogP contribution >= 0.6 is 41.6 Å². The van der Waals surface area contributed by atoms with E-state index in [-0.39, 0.29) is 70.4 Å². The van der Waals surface area contributed by atoms with Gasteiger partial charge in [-0.25, -0.2) is 0 Å². The molecule has 5 unspecified atom stereocenters. The fraction of sp³-hybridized carbons (Fsp3) is 0.579. The average Bonchev–Trinajstić information content (AvgIpc) is 3.28. The molecule has 3 heterocycles. The first-order valence-corrected chi connectivity index (χ1v) is 15.1. The monoisotopic (exact) mass is 672 g/mol. The summed E-state index contributed by atoms with van der Waals surface area (Å²) in [6, 6.07) is 0. The molecule has 1 fully saturated rings. The van der Waals surface area contributed by atoms with Crippen LogP contribution in [0.3, 0.4) is 0 Å². The summed E-state index contributed by atoms with van der Waals surface area (Å²) in [5.74, 6) is 0.502. The lowest BCUT2D eigenvalue weighted by molar-refractivity contribution is -0.0383. The van der Waals surface area contributed by atoms with E-state index in [4.69, 9.17) is 74.9 Å². The number of ether oxygens (including phenoxy) is 2. The first kappa shape index (κ1) is 34.4. The molecule has 0 spiro atoms. The molecule has 19 nitrogen and oxygen atoms in total. The van der Waals surface area contributed by atoms with Crippen LogP contribution in [0.25, 0.3) is 0 Å². The number of anilines is 6. The van der Waals surface area contributed by atoms with E-state index in [0.29, 0.717) is 0 Å². The molecule has 0 amide bonds. The number of aliphatic hydroxyl groups is 1. The molecule has 0 bridgehead atoms. The van der Waals surface area contributed by atoms with Crippen molar-refractivity contribution in [2.75, 3.05) is 67.5 Å². The van der Waals surface area contributed by atoms with Crippen LogP contribution in [-0.2, 0) is 27.6 Å². The number of nitrogens with zero attached hydrogens (tertiary/aromatic N) is 2. The van der Waals surface area contributed by atoms with Crippen molar-refractivity contribution in [1.29, 1.82) is 0 Å². The summed E-state index contributed by atoms with van der Waals surface area (Å²) in [7, 11) is -1.97. The van der Waals surface area contributed by atoms with Crippen molar-refractivity contribution in [3.05, 3.63) is 9.28 Å². The topological polar surface area (TPSA) is 302 Å². The van der Waals surface area contributed by atoms with Gasteiger partial charge in [-0.2, -0.15) is 9.97 Å². The first-order chi connectivity index (χ1) is 19.9. The summed E-state index contributed by atoms with van der Waals surface area (Å²) < 4.78 is 33.9. The molecule has 0 radical (unpaired) electrons. The zero-order chi connectivity index (χ0) is 31.0. The van der Waals surface area contributed by atoms with Gasteiger partial charge >= 0.3 is 17.2 Å². The lowest BCUT2D eigenvalue weighted by Gasteiger charge is -2.29. The molecule has 6 atom stereocenters. The summed E-state index contributed by atoms with van der Waals surface area (Å²) >= 11 is 10.2. The number of hydrogen-bond acceptors (Lipinski definition) is 19. The third-order valence-corrected chi connectivity index (χ3v) is 7.85. The lowest BCUT2D eigenvalue weighted by Crippen LogP contribution is -2.39. The minimum Gasteiger partial charge on any atom is -0.393 e. The van der Waals surface area contributed by atoms with Crippen molar-refractivity contribution in [2.45, 2.75) is 37.1 Å². The van der Waals surface area contributed by atoms with Gasteiger partial charge in [0.2, 0.25) is 11.9 Å². The molecule has 0 aliphatic carbocycles. The van der Waals surface area contributed by atoms with E-state index in [1.807, 2.05) is 0 Å². The van der Waals surface area contributed by atoms with Gasteiger partial charge in [0.25, 0.3) is 0 Å². The van der Waals surface area contributed by atoms with Gasteiger partial charge in [0.05, 0.1) is 19.3 Å². The quantitative estimate of drug-likeness (QED) is 0.0851. The fourth-order valence-electron chi connectivity index (χ4n) is 3.64. The Balaban J connectivity index is 1.65. The Morgan fingerprint density at radius 1 is 1.02 bits per heavy atom. The Hall–Kier alpha value is -2.10. The molecule has 3 rings (SSSR count). The number of nitrogens with two attached hydrogens (primary N) is 4. The minimum atomic E-state index is -2.66. The highest BCUT2D eigenvalue weighted by Gasteiger charge is 2.36. The third kappa shape index (κ3) is 9.71. The zero-order valence-corrected chi connectivity index (χ0v) is 25.8. The highest BCUT2D eigenvalue weighted by Crippen LogP contribution is 2.42. The Kier molecular flexibility index (Phi) is 13.2. The molecule has 1 aliphatic rings. The SMILES string of the molecule is COC(COP(O)O)C(CNc1nc(N)[nH]c(=S)c1N)OP(OC)OCC1OC(Nc2nc(N)[nH]c(=S)c2N)C[C@H]1O. The second-order valence-electron chi connectivity index (χ2n) is 8.59. The van der Waals surface area contributed by atoms with Gasteiger partial charge in [-0.1, -0.05) is 24.4 Å². The Morgan fingerprint density at radius 2 is 1.64 bits per heavy atom. The molecule has 1 saturated heterocycles. The Morgan fingerprint density at radius 3 is 2.24 bits per heavy atom. The largest absolute Gasteiger partial charge is 0.393 e. The number of aliphatic hydroxyl groups excluding tert-OH is 1. The number of H-pyrrole nitrogens is 2. The second-order valence-corrected chi connectivity index (χ2v) is 11.4. The molecule has 2 aromatic rings. The van der Waals surface area contributed by atoms with Crippen molar-refractivity contribution in [3.63, 3.8) is 0 Å². The van der Waals surface area contributed by atoms with Gasteiger partial charge in [0.1, 0.15) is 45.2 Å².